The van der Waals surface area contributed by atoms with Gasteiger partial charge in [-0.1, -0.05) is 30.9 Å². The average molecular weight is 432 g/mol. The first-order chi connectivity index (χ1) is 14.5. The van der Waals surface area contributed by atoms with E-state index in [-0.39, 0.29) is 17.5 Å². The van der Waals surface area contributed by atoms with E-state index in [1.807, 2.05) is 16.7 Å². The summed E-state index contributed by atoms with van der Waals surface area (Å²) in [7, 11) is 1.66. The summed E-state index contributed by atoms with van der Waals surface area (Å²) in [4.78, 5) is 24.0. The van der Waals surface area contributed by atoms with Crippen molar-refractivity contribution in [3.63, 3.8) is 0 Å². The van der Waals surface area contributed by atoms with Gasteiger partial charge in [0, 0.05) is 49.9 Å². The largest absolute Gasteiger partial charge is 0.492 e. The van der Waals surface area contributed by atoms with Gasteiger partial charge in [0.25, 0.3) is 0 Å². The fourth-order valence-corrected chi connectivity index (χ4v) is 5.00. The van der Waals surface area contributed by atoms with Gasteiger partial charge in [-0.2, -0.15) is 0 Å². The van der Waals surface area contributed by atoms with Crippen LogP contribution in [-0.4, -0.2) is 36.0 Å². The van der Waals surface area contributed by atoms with Crippen LogP contribution >= 0.6 is 11.6 Å². The summed E-state index contributed by atoms with van der Waals surface area (Å²) in [6.45, 7) is 1.13. The van der Waals surface area contributed by atoms with Crippen molar-refractivity contribution >= 4 is 17.6 Å². The number of methoxy groups -OCH3 is 1. The highest BCUT2D eigenvalue weighted by atomic mass is 35.5. The Balaban J connectivity index is 1.83. The first-order valence-electron chi connectivity index (χ1n) is 10.5. The molecule has 4 rings (SSSR count). The van der Waals surface area contributed by atoms with Gasteiger partial charge >= 0.3 is 5.97 Å². The molecule has 1 fully saturated rings. The second kappa shape index (κ2) is 8.82. The van der Waals surface area contributed by atoms with E-state index in [9.17, 15) is 14.7 Å². The third-order valence-corrected chi connectivity index (χ3v) is 6.47. The summed E-state index contributed by atoms with van der Waals surface area (Å²) < 4.78 is 13.0. The molecule has 6 nitrogen and oxygen atoms in total. The van der Waals surface area contributed by atoms with Crippen molar-refractivity contribution in [3.8, 4) is 17.0 Å². The number of halogens is 1. The number of aromatic nitrogens is 1. The number of benzene rings is 1. The van der Waals surface area contributed by atoms with E-state index in [4.69, 9.17) is 21.1 Å². The molecule has 0 bridgehead atoms. The molecule has 2 atom stereocenters. The van der Waals surface area contributed by atoms with Gasteiger partial charge in [-0.05, 0) is 30.5 Å². The lowest BCUT2D eigenvalue weighted by Crippen LogP contribution is -2.28. The summed E-state index contributed by atoms with van der Waals surface area (Å²) in [6.07, 6.45) is 7.61. The summed E-state index contributed by atoms with van der Waals surface area (Å²) in [6, 6.07) is 5.44. The number of carbonyl (C=O) groups is 1. The van der Waals surface area contributed by atoms with Crippen molar-refractivity contribution in [2.45, 2.75) is 50.5 Å². The number of hydrogen-bond acceptors (Lipinski definition) is 4. The van der Waals surface area contributed by atoms with Gasteiger partial charge in [-0.3, -0.25) is 4.79 Å². The SMILES string of the molecule is COCCCOc1cc2c(cc1Cl)-c1cc(=O)c(C(=O)O)cn1[C@H]1CCCCC[C@@H]21. The smallest absolute Gasteiger partial charge is 0.341 e. The molecule has 1 N–H and O–H groups in total. The van der Waals surface area contributed by atoms with E-state index in [1.54, 1.807) is 7.11 Å². The predicted molar refractivity (Wildman–Crippen MR) is 115 cm³/mol. The highest BCUT2D eigenvalue weighted by Crippen LogP contribution is 2.50. The Hall–Kier alpha value is -2.31. The molecular weight excluding hydrogens is 406 g/mol. The van der Waals surface area contributed by atoms with E-state index in [1.165, 1.54) is 12.3 Å². The monoisotopic (exact) mass is 431 g/mol. The van der Waals surface area contributed by atoms with Crippen LogP contribution in [-0.2, 0) is 4.74 Å². The number of hydrogen-bond donors (Lipinski definition) is 1. The Morgan fingerprint density at radius 1 is 1.20 bits per heavy atom. The fourth-order valence-electron chi connectivity index (χ4n) is 4.78. The minimum atomic E-state index is -1.19. The molecule has 2 aromatic rings. The highest BCUT2D eigenvalue weighted by molar-refractivity contribution is 6.32. The molecule has 0 saturated heterocycles. The summed E-state index contributed by atoms with van der Waals surface area (Å²) in [5.41, 5.74) is 2.09. The van der Waals surface area contributed by atoms with Gasteiger partial charge in [0.1, 0.15) is 11.3 Å². The first kappa shape index (κ1) is 20.9. The minimum Gasteiger partial charge on any atom is -0.492 e. The minimum absolute atomic E-state index is 0.121. The maximum Gasteiger partial charge on any atom is 0.341 e. The maximum atomic E-state index is 12.5. The first-order valence-corrected chi connectivity index (χ1v) is 10.8. The van der Waals surface area contributed by atoms with Gasteiger partial charge < -0.3 is 19.1 Å². The van der Waals surface area contributed by atoms with Gasteiger partial charge in [0.2, 0.25) is 0 Å². The molecule has 2 aliphatic rings. The quantitative estimate of drug-likeness (QED) is 0.659. The molecule has 0 amide bonds. The summed E-state index contributed by atoms with van der Waals surface area (Å²) in [5.74, 6) is -0.311. The molecule has 160 valence electrons. The molecule has 1 aliphatic heterocycles. The van der Waals surface area contributed by atoms with Crippen LogP contribution in [0, 0.1) is 0 Å². The molecular formula is C23H26ClNO5. The molecule has 1 aromatic carbocycles. The number of nitrogens with zero attached hydrogens (tertiary/aromatic N) is 1. The number of rotatable bonds is 6. The van der Waals surface area contributed by atoms with Crippen LogP contribution in [0.3, 0.4) is 0 Å². The van der Waals surface area contributed by atoms with Crippen molar-refractivity contribution in [2.75, 3.05) is 20.3 Å². The molecule has 0 radical (unpaired) electrons. The van der Waals surface area contributed by atoms with Crippen molar-refractivity contribution < 1.29 is 19.4 Å². The second-order valence-electron chi connectivity index (χ2n) is 8.03. The normalized spacial score (nSPS) is 19.9. The van der Waals surface area contributed by atoms with Crippen LogP contribution in [0.25, 0.3) is 11.3 Å². The van der Waals surface area contributed by atoms with Crippen LogP contribution in [0.4, 0.5) is 0 Å². The van der Waals surface area contributed by atoms with Crippen molar-refractivity contribution in [3.05, 3.63) is 50.8 Å². The Labute approximate surface area is 180 Å². The summed E-state index contributed by atoms with van der Waals surface area (Å²) >= 11 is 6.53. The lowest BCUT2D eigenvalue weighted by molar-refractivity contribution is 0.0694. The van der Waals surface area contributed by atoms with E-state index in [0.29, 0.717) is 24.0 Å². The topological polar surface area (TPSA) is 77.8 Å². The number of pyridine rings is 1. The molecule has 1 saturated carbocycles. The zero-order valence-corrected chi connectivity index (χ0v) is 17.8. The molecule has 7 heteroatoms. The number of aromatic carboxylic acids is 1. The van der Waals surface area contributed by atoms with Gasteiger partial charge in [-0.15, -0.1) is 0 Å². The maximum absolute atomic E-state index is 12.5. The molecule has 30 heavy (non-hydrogen) atoms. The predicted octanol–water partition coefficient (Wildman–Crippen LogP) is 4.88. The standard InChI is InChI=1S/C23H26ClNO5/c1-29-8-5-9-30-22-11-15-14-6-3-2-4-7-19(14)25-13-17(23(27)28)21(26)12-20(25)16(15)10-18(22)24/h10-14,19H,2-9H2,1H3,(H,27,28)/t14-,19-/m0/s1. The Morgan fingerprint density at radius 3 is 2.77 bits per heavy atom. The van der Waals surface area contributed by atoms with Crippen LogP contribution < -0.4 is 10.2 Å². The summed E-state index contributed by atoms with van der Waals surface area (Å²) in [5, 5.41) is 9.94. The Morgan fingerprint density at radius 2 is 2.00 bits per heavy atom. The third kappa shape index (κ3) is 3.86. The average Bonchev–Trinajstić information content (AvgIpc) is 2.97. The molecule has 0 unspecified atom stereocenters. The van der Waals surface area contributed by atoms with Crippen molar-refractivity contribution in [1.82, 2.24) is 4.57 Å². The molecule has 0 spiro atoms. The Kier molecular flexibility index (Phi) is 6.16. The van der Waals surface area contributed by atoms with E-state index in [0.717, 1.165) is 55.3 Å². The van der Waals surface area contributed by atoms with Crippen molar-refractivity contribution in [2.24, 2.45) is 0 Å². The molecule has 1 aliphatic carbocycles. The second-order valence-corrected chi connectivity index (χ2v) is 8.43. The van der Waals surface area contributed by atoms with Crippen molar-refractivity contribution in [1.29, 1.82) is 0 Å². The van der Waals surface area contributed by atoms with Crippen LogP contribution in [0.2, 0.25) is 5.02 Å². The van der Waals surface area contributed by atoms with Gasteiger partial charge in [0.05, 0.1) is 17.3 Å². The highest BCUT2D eigenvalue weighted by Gasteiger charge is 2.35. The van der Waals surface area contributed by atoms with Crippen LogP contribution in [0.15, 0.2) is 29.2 Å². The fraction of sp³-hybridized carbons (Fsp3) is 0.478. The van der Waals surface area contributed by atoms with E-state index in [2.05, 4.69) is 0 Å². The number of fused-ring (bicyclic) bond motifs is 6. The van der Waals surface area contributed by atoms with Gasteiger partial charge in [0.15, 0.2) is 5.43 Å². The van der Waals surface area contributed by atoms with Gasteiger partial charge in [-0.25, -0.2) is 4.79 Å². The Bertz CT molecular complexity index is 1020. The number of ether oxygens (including phenoxy) is 2. The lowest BCUT2D eigenvalue weighted by atomic mass is 9.80. The van der Waals surface area contributed by atoms with E-state index < -0.39 is 11.4 Å². The van der Waals surface area contributed by atoms with Crippen LogP contribution in [0.1, 0.15) is 66.4 Å². The third-order valence-electron chi connectivity index (χ3n) is 6.18. The molecule has 2 heterocycles. The zero-order chi connectivity index (χ0) is 21.3. The van der Waals surface area contributed by atoms with Crippen LogP contribution in [0.5, 0.6) is 5.75 Å². The zero-order valence-electron chi connectivity index (χ0n) is 17.0. The lowest BCUT2D eigenvalue weighted by Gasteiger charge is -2.37. The van der Waals surface area contributed by atoms with E-state index >= 15 is 0 Å². The number of carboxylic acids is 1. The molecule has 1 aromatic heterocycles. The number of carboxylic acid groups (broad SMARTS) is 1.